The highest BCUT2D eigenvalue weighted by molar-refractivity contribution is 5.44. The minimum atomic E-state index is -0.103. The largest absolute Gasteiger partial charge is 0.489 e. The van der Waals surface area contributed by atoms with Crippen LogP contribution in [0.1, 0.15) is 65.9 Å². The van der Waals surface area contributed by atoms with Gasteiger partial charge in [0.15, 0.2) is 0 Å². The van der Waals surface area contributed by atoms with Crippen molar-refractivity contribution in [3.8, 4) is 11.5 Å². The van der Waals surface area contributed by atoms with Crippen molar-refractivity contribution < 1.29 is 14.2 Å². The zero-order chi connectivity index (χ0) is 18.1. The molecule has 3 nitrogen and oxygen atoms in total. The maximum absolute atomic E-state index is 5.98. The highest BCUT2D eigenvalue weighted by Gasteiger charge is 2.49. The van der Waals surface area contributed by atoms with Crippen molar-refractivity contribution in [2.75, 3.05) is 6.61 Å². The van der Waals surface area contributed by atoms with Gasteiger partial charge in [-0.2, -0.15) is 0 Å². The maximum Gasteiger partial charge on any atom is 0.127 e. The molecule has 0 radical (unpaired) electrons. The van der Waals surface area contributed by atoms with E-state index >= 15 is 0 Å². The normalized spacial score (nSPS) is 26.9. The minimum Gasteiger partial charge on any atom is -0.489 e. The van der Waals surface area contributed by atoms with Gasteiger partial charge in [0.05, 0.1) is 11.7 Å². The molecule has 1 aromatic carbocycles. The van der Waals surface area contributed by atoms with E-state index in [4.69, 9.17) is 14.2 Å². The summed E-state index contributed by atoms with van der Waals surface area (Å²) in [6.07, 6.45) is 8.01. The van der Waals surface area contributed by atoms with E-state index in [1.54, 1.807) is 0 Å². The van der Waals surface area contributed by atoms with Gasteiger partial charge in [0.25, 0.3) is 0 Å². The summed E-state index contributed by atoms with van der Waals surface area (Å²) in [5.41, 5.74) is 2.75. The molecule has 0 spiro atoms. The fourth-order valence-electron chi connectivity index (χ4n) is 3.62. The third-order valence-corrected chi connectivity index (χ3v) is 5.58. The number of ether oxygens (including phenoxy) is 3. The predicted octanol–water partition coefficient (Wildman–Crippen LogP) is 5.46. The van der Waals surface area contributed by atoms with Gasteiger partial charge in [-0.25, -0.2) is 0 Å². The van der Waals surface area contributed by atoms with Crippen molar-refractivity contribution in [2.24, 2.45) is 0 Å². The van der Waals surface area contributed by atoms with Gasteiger partial charge in [-0.1, -0.05) is 25.5 Å². The lowest BCUT2D eigenvalue weighted by molar-refractivity contribution is 0.138. The van der Waals surface area contributed by atoms with Gasteiger partial charge in [-0.15, -0.1) is 0 Å². The number of hydrogen-bond acceptors (Lipinski definition) is 3. The number of benzene rings is 1. The summed E-state index contributed by atoms with van der Waals surface area (Å²) in [6.45, 7) is 11.5. The molecule has 2 heterocycles. The molecular formula is C22H32O3. The lowest BCUT2D eigenvalue weighted by Gasteiger charge is -2.16. The minimum absolute atomic E-state index is 0.103. The second kappa shape index (κ2) is 7.03. The van der Waals surface area contributed by atoms with E-state index in [-0.39, 0.29) is 11.2 Å². The summed E-state index contributed by atoms with van der Waals surface area (Å²) in [4.78, 5) is 0. The Hall–Kier alpha value is -1.48. The number of rotatable bonds is 8. The second-order valence-electron chi connectivity index (χ2n) is 8.15. The van der Waals surface area contributed by atoms with Gasteiger partial charge in [0, 0.05) is 12.5 Å². The van der Waals surface area contributed by atoms with Gasteiger partial charge < -0.3 is 14.2 Å². The number of allylic oxidation sites excluding steroid dienone is 1. The molecule has 2 atom stereocenters. The average Bonchev–Trinajstić information content (AvgIpc) is 3.12. The Morgan fingerprint density at radius 2 is 2.08 bits per heavy atom. The van der Waals surface area contributed by atoms with Gasteiger partial charge in [-0.05, 0) is 64.2 Å². The second-order valence-corrected chi connectivity index (χ2v) is 8.15. The molecule has 2 unspecified atom stereocenters. The third-order valence-electron chi connectivity index (χ3n) is 5.58. The Morgan fingerprint density at radius 1 is 1.28 bits per heavy atom. The molecule has 1 aromatic rings. The highest BCUT2D eigenvalue weighted by atomic mass is 16.6. The van der Waals surface area contributed by atoms with Crippen LogP contribution in [-0.2, 0) is 11.2 Å². The Morgan fingerprint density at radius 3 is 2.76 bits per heavy atom. The van der Waals surface area contributed by atoms with Crippen molar-refractivity contribution in [1.29, 1.82) is 0 Å². The first-order valence-electron chi connectivity index (χ1n) is 9.65. The molecule has 1 fully saturated rings. The summed E-state index contributed by atoms with van der Waals surface area (Å²) in [5.74, 6) is 1.85. The molecular weight excluding hydrogens is 312 g/mol. The molecule has 0 amide bonds. The Balaban J connectivity index is 1.49. The number of hydrogen-bond donors (Lipinski definition) is 0. The van der Waals surface area contributed by atoms with E-state index in [1.807, 2.05) is 12.1 Å². The van der Waals surface area contributed by atoms with E-state index < -0.39 is 0 Å². The summed E-state index contributed by atoms with van der Waals surface area (Å²) in [7, 11) is 0. The summed E-state index contributed by atoms with van der Waals surface area (Å²) >= 11 is 0. The molecule has 0 aromatic heterocycles. The lowest BCUT2D eigenvalue weighted by atomic mass is 9.98. The van der Waals surface area contributed by atoms with Crippen molar-refractivity contribution in [2.45, 2.75) is 84.0 Å². The maximum atomic E-state index is 5.98. The van der Waals surface area contributed by atoms with E-state index in [0.717, 1.165) is 43.6 Å². The van der Waals surface area contributed by atoms with Crippen molar-refractivity contribution >= 4 is 0 Å². The molecule has 0 aliphatic carbocycles. The molecule has 3 rings (SSSR count). The van der Waals surface area contributed by atoms with Crippen LogP contribution in [0.2, 0.25) is 0 Å². The fraction of sp³-hybridized carbons (Fsp3) is 0.636. The summed E-state index contributed by atoms with van der Waals surface area (Å²) < 4.78 is 17.7. The van der Waals surface area contributed by atoms with Gasteiger partial charge >= 0.3 is 0 Å². The first kappa shape index (κ1) is 18.3. The molecule has 0 saturated carbocycles. The van der Waals surface area contributed by atoms with Crippen LogP contribution in [0.4, 0.5) is 0 Å². The number of epoxide rings is 1. The van der Waals surface area contributed by atoms with Crippen LogP contribution in [0.25, 0.3) is 0 Å². The van der Waals surface area contributed by atoms with Crippen LogP contribution in [0.15, 0.2) is 29.8 Å². The van der Waals surface area contributed by atoms with Crippen LogP contribution in [0, 0.1) is 0 Å². The van der Waals surface area contributed by atoms with E-state index in [1.165, 1.54) is 11.1 Å². The molecule has 3 heteroatoms. The van der Waals surface area contributed by atoms with Crippen LogP contribution in [0.3, 0.4) is 0 Å². The molecule has 0 bridgehead atoms. The fourth-order valence-corrected chi connectivity index (χ4v) is 3.62. The zero-order valence-corrected chi connectivity index (χ0v) is 16.4. The summed E-state index contributed by atoms with van der Waals surface area (Å²) in [5, 5.41) is 0. The van der Waals surface area contributed by atoms with Crippen LogP contribution < -0.4 is 9.47 Å². The van der Waals surface area contributed by atoms with Gasteiger partial charge in [-0.3, -0.25) is 0 Å². The Kier molecular flexibility index (Phi) is 5.15. The molecule has 25 heavy (non-hydrogen) atoms. The topological polar surface area (TPSA) is 31.0 Å². The molecule has 138 valence electrons. The SMILES string of the molecule is CCC(=CCOc1ccc2c(c1)OC(C)(C)C2)CCC1OC1(C)CC. The quantitative estimate of drug-likeness (QED) is 0.463. The van der Waals surface area contributed by atoms with Crippen molar-refractivity contribution in [3.05, 3.63) is 35.4 Å². The van der Waals surface area contributed by atoms with E-state index in [0.29, 0.717) is 12.7 Å². The third kappa shape index (κ3) is 4.38. The lowest BCUT2D eigenvalue weighted by Crippen LogP contribution is -2.24. The molecule has 2 aliphatic heterocycles. The van der Waals surface area contributed by atoms with Crippen molar-refractivity contribution in [1.82, 2.24) is 0 Å². The smallest absolute Gasteiger partial charge is 0.127 e. The van der Waals surface area contributed by atoms with Crippen LogP contribution >= 0.6 is 0 Å². The first-order chi connectivity index (χ1) is 11.8. The average molecular weight is 344 g/mol. The molecule has 2 aliphatic rings. The molecule has 0 N–H and O–H groups in total. The highest BCUT2D eigenvalue weighted by Crippen LogP contribution is 2.42. The van der Waals surface area contributed by atoms with Gasteiger partial charge in [0.1, 0.15) is 23.7 Å². The van der Waals surface area contributed by atoms with Crippen molar-refractivity contribution in [3.63, 3.8) is 0 Å². The Labute approximate surface area is 152 Å². The monoisotopic (exact) mass is 344 g/mol. The van der Waals surface area contributed by atoms with Crippen LogP contribution in [0.5, 0.6) is 11.5 Å². The first-order valence-corrected chi connectivity index (χ1v) is 9.65. The Bertz CT molecular complexity index is 647. The number of fused-ring (bicyclic) bond motifs is 1. The zero-order valence-electron chi connectivity index (χ0n) is 16.4. The predicted molar refractivity (Wildman–Crippen MR) is 102 cm³/mol. The molecule has 1 saturated heterocycles. The standard InChI is InChI=1S/C22H32O3/c1-6-16(8-11-20-22(5,7-2)25-20)12-13-23-18-10-9-17-15-21(3,4)24-19(17)14-18/h9-10,12,14,20H,6-8,11,13,15H2,1-5H3. The van der Waals surface area contributed by atoms with Gasteiger partial charge in [0.2, 0.25) is 0 Å². The van der Waals surface area contributed by atoms with Crippen LogP contribution in [-0.4, -0.2) is 23.9 Å². The van der Waals surface area contributed by atoms with E-state index in [9.17, 15) is 0 Å². The van der Waals surface area contributed by atoms with E-state index in [2.05, 4.69) is 46.8 Å². The summed E-state index contributed by atoms with van der Waals surface area (Å²) in [6, 6.07) is 6.20.